The Morgan fingerprint density at radius 2 is 1.72 bits per heavy atom. The molecule has 0 atom stereocenters. The molecule has 4 rings (SSSR count). The molecule has 0 fully saturated rings. The van der Waals surface area contributed by atoms with E-state index in [9.17, 15) is 0 Å². The van der Waals surface area contributed by atoms with Gasteiger partial charge in [0.25, 0.3) is 0 Å². The predicted octanol–water partition coefficient (Wildman–Crippen LogP) is 5.57. The first-order chi connectivity index (χ1) is 12.4. The lowest BCUT2D eigenvalue weighted by atomic mass is 10.1. The van der Waals surface area contributed by atoms with Crippen LogP contribution >= 0.6 is 11.8 Å². The van der Waals surface area contributed by atoms with Crippen LogP contribution < -0.4 is 0 Å². The van der Waals surface area contributed by atoms with Gasteiger partial charge in [0.2, 0.25) is 0 Å². The topological polar surface area (TPSA) is 30.2 Å². The lowest BCUT2D eigenvalue weighted by molar-refractivity contribution is 1.10. The van der Waals surface area contributed by atoms with Gasteiger partial charge in [-0.2, -0.15) is 0 Å². The molecule has 0 radical (unpaired) electrons. The van der Waals surface area contributed by atoms with E-state index in [0.29, 0.717) is 0 Å². The third kappa shape index (κ3) is 3.17. The van der Waals surface area contributed by atoms with E-state index in [-0.39, 0.29) is 0 Å². The minimum atomic E-state index is 0.953. The first-order valence-corrected chi connectivity index (χ1v) is 9.46. The number of rotatable bonds is 5. The smallest absolute Gasteiger partial charge is 0.137 e. The third-order valence-corrected chi connectivity index (χ3v) is 5.30. The quantitative estimate of drug-likeness (QED) is 0.443. The first kappa shape index (κ1) is 15.9. The maximum absolute atomic E-state index is 4.89. The molecule has 124 valence electrons. The fourth-order valence-electron chi connectivity index (χ4n) is 2.91. The summed E-state index contributed by atoms with van der Waals surface area (Å²) in [5.74, 6) is 1.15. The van der Waals surface area contributed by atoms with Crippen LogP contribution in [0.4, 0.5) is 0 Å². The van der Waals surface area contributed by atoms with Crippen molar-refractivity contribution in [1.82, 2.24) is 14.4 Å². The number of aromatic nitrogens is 3. The van der Waals surface area contributed by atoms with E-state index in [1.807, 2.05) is 54.5 Å². The van der Waals surface area contributed by atoms with Crippen LogP contribution in [0.5, 0.6) is 0 Å². The summed E-state index contributed by atoms with van der Waals surface area (Å²) < 4.78 is 2.14. The fourth-order valence-corrected chi connectivity index (χ4v) is 3.68. The Morgan fingerprint density at radius 3 is 2.48 bits per heavy atom. The number of thioether (sulfide) groups is 1. The van der Waals surface area contributed by atoms with Gasteiger partial charge in [-0.25, -0.2) is 4.98 Å². The van der Waals surface area contributed by atoms with Crippen LogP contribution in [-0.4, -0.2) is 20.1 Å². The fraction of sp³-hybridized carbons (Fsp3) is 0.143. The Labute approximate surface area is 151 Å². The van der Waals surface area contributed by atoms with Crippen molar-refractivity contribution in [3.05, 3.63) is 73.2 Å². The number of nitrogens with zero attached hydrogens (tertiary/aromatic N) is 3. The molecular formula is C21H19N3S. The SMILES string of the molecule is CCCSc1ccc(-c2nc3ccccn3c2-c2ccncc2)cc1. The molecule has 0 unspecified atom stereocenters. The van der Waals surface area contributed by atoms with Crippen molar-refractivity contribution in [2.75, 3.05) is 5.75 Å². The van der Waals surface area contributed by atoms with Gasteiger partial charge in [0.15, 0.2) is 0 Å². The van der Waals surface area contributed by atoms with Crippen molar-refractivity contribution in [2.45, 2.75) is 18.2 Å². The second-order valence-electron chi connectivity index (χ2n) is 5.85. The van der Waals surface area contributed by atoms with Crippen molar-refractivity contribution in [3.63, 3.8) is 0 Å². The van der Waals surface area contributed by atoms with Crippen LogP contribution in [0.15, 0.2) is 78.1 Å². The van der Waals surface area contributed by atoms with Gasteiger partial charge in [-0.1, -0.05) is 25.1 Å². The van der Waals surface area contributed by atoms with Gasteiger partial charge in [-0.15, -0.1) is 11.8 Å². The molecule has 0 saturated carbocycles. The van der Waals surface area contributed by atoms with Crippen LogP contribution in [0.1, 0.15) is 13.3 Å². The monoisotopic (exact) mass is 345 g/mol. The summed E-state index contributed by atoms with van der Waals surface area (Å²) in [6.45, 7) is 2.21. The second kappa shape index (κ2) is 7.11. The second-order valence-corrected chi connectivity index (χ2v) is 7.01. The molecule has 4 aromatic rings. The Bertz CT molecular complexity index is 975. The largest absolute Gasteiger partial charge is 0.299 e. The zero-order chi connectivity index (χ0) is 17.1. The van der Waals surface area contributed by atoms with Crippen molar-refractivity contribution in [3.8, 4) is 22.5 Å². The first-order valence-electron chi connectivity index (χ1n) is 8.47. The van der Waals surface area contributed by atoms with Crippen LogP contribution in [0.3, 0.4) is 0 Å². The number of benzene rings is 1. The van der Waals surface area contributed by atoms with Gasteiger partial charge in [-0.3, -0.25) is 9.38 Å². The highest BCUT2D eigenvalue weighted by Gasteiger charge is 2.15. The summed E-state index contributed by atoms with van der Waals surface area (Å²) in [7, 11) is 0. The van der Waals surface area contributed by atoms with E-state index >= 15 is 0 Å². The van der Waals surface area contributed by atoms with Crippen LogP contribution in [0, 0.1) is 0 Å². The maximum atomic E-state index is 4.89. The molecule has 3 heterocycles. The Kier molecular flexibility index (Phi) is 4.53. The van der Waals surface area contributed by atoms with E-state index in [1.165, 1.54) is 11.3 Å². The summed E-state index contributed by atoms with van der Waals surface area (Å²) in [6.07, 6.45) is 6.90. The Balaban J connectivity index is 1.84. The van der Waals surface area contributed by atoms with Gasteiger partial charge in [-0.05, 0) is 48.6 Å². The van der Waals surface area contributed by atoms with Crippen molar-refractivity contribution in [2.24, 2.45) is 0 Å². The number of hydrogen-bond acceptors (Lipinski definition) is 3. The molecule has 0 aliphatic heterocycles. The molecule has 0 saturated heterocycles. The standard InChI is InChI=1S/C21H19N3S/c1-2-15-25-18-8-6-16(7-9-18)20-21(17-10-12-22-13-11-17)24-14-4-3-5-19(24)23-20/h3-14H,2,15H2,1H3. The van der Waals surface area contributed by atoms with E-state index in [4.69, 9.17) is 4.98 Å². The molecular weight excluding hydrogens is 326 g/mol. The van der Waals surface area contributed by atoms with Crippen LogP contribution in [0.2, 0.25) is 0 Å². The molecule has 0 bridgehead atoms. The molecule has 1 aromatic carbocycles. The highest BCUT2D eigenvalue weighted by Crippen LogP contribution is 2.33. The predicted molar refractivity (Wildman–Crippen MR) is 105 cm³/mol. The van der Waals surface area contributed by atoms with Crippen molar-refractivity contribution in [1.29, 1.82) is 0 Å². The number of hydrogen-bond donors (Lipinski definition) is 0. The van der Waals surface area contributed by atoms with Crippen molar-refractivity contribution >= 4 is 17.4 Å². The number of imidazole rings is 1. The van der Waals surface area contributed by atoms with Gasteiger partial charge in [0.1, 0.15) is 5.65 Å². The summed E-state index contributed by atoms with van der Waals surface area (Å²) in [6, 6.07) is 18.9. The molecule has 0 aliphatic rings. The third-order valence-electron chi connectivity index (χ3n) is 4.08. The lowest BCUT2D eigenvalue weighted by Gasteiger charge is -2.06. The zero-order valence-corrected chi connectivity index (χ0v) is 14.9. The van der Waals surface area contributed by atoms with Gasteiger partial charge in [0.05, 0.1) is 11.4 Å². The molecule has 0 spiro atoms. The van der Waals surface area contributed by atoms with E-state index in [0.717, 1.165) is 33.9 Å². The Morgan fingerprint density at radius 1 is 0.920 bits per heavy atom. The lowest BCUT2D eigenvalue weighted by Crippen LogP contribution is -1.89. The van der Waals surface area contributed by atoms with Crippen molar-refractivity contribution < 1.29 is 0 Å². The van der Waals surface area contributed by atoms with Crippen LogP contribution in [0.25, 0.3) is 28.2 Å². The molecule has 0 N–H and O–H groups in total. The average Bonchev–Trinajstić information content (AvgIpc) is 3.07. The highest BCUT2D eigenvalue weighted by atomic mass is 32.2. The highest BCUT2D eigenvalue weighted by molar-refractivity contribution is 7.99. The van der Waals surface area contributed by atoms with Gasteiger partial charge < -0.3 is 0 Å². The number of fused-ring (bicyclic) bond motifs is 1. The molecule has 0 amide bonds. The molecule has 4 heteroatoms. The molecule has 0 aliphatic carbocycles. The molecule has 3 aromatic heterocycles. The van der Waals surface area contributed by atoms with Gasteiger partial charge >= 0.3 is 0 Å². The van der Waals surface area contributed by atoms with Gasteiger partial charge in [0, 0.05) is 34.6 Å². The normalized spacial score (nSPS) is 11.1. The summed E-state index contributed by atoms with van der Waals surface area (Å²) in [4.78, 5) is 10.3. The summed E-state index contributed by atoms with van der Waals surface area (Å²) in [5.41, 5.74) is 5.31. The van der Waals surface area contributed by atoms with E-state index in [1.54, 1.807) is 0 Å². The van der Waals surface area contributed by atoms with E-state index < -0.39 is 0 Å². The minimum absolute atomic E-state index is 0.953. The molecule has 3 nitrogen and oxygen atoms in total. The Hall–Kier alpha value is -2.59. The average molecular weight is 345 g/mol. The maximum Gasteiger partial charge on any atom is 0.137 e. The van der Waals surface area contributed by atoms with E-state index in [2.05, 4.69) is 46.8 Å². The molecule has 25 heavy (non-hydrogen) atoms. The van der Waals surface area contributed by atoms with Crippen LogP contribution in [-0.2, 0) is 0 Å². The summed E-state index contributed by atoms with van der Waals surface area (Å²) >= 11 is 1.90. The summed E-state index contributed by atoms with van der Waals surface area (Å²) in [5, 5.41) is 0. The minimum Gasteiger partial charge on any atom is -0.299 e. The number of pyridine rings is 2. The zero-order valence-electron chi connectivity index (χ0n) is 14.1.